The molecular formula is C30H43N2O5S2+. The molecule has 7 nitrogen and oxygen atoms in total. The zero-order valence-corrected chi connectivity index (χ0v) is 25.5. The number of rotatable bonds is 16. The van der Waals surface area contributed by atoms with Crippen LogP contribution in [-0.4, -0.2) is 50.3 Å². The van der Waals surface area contributed by atoms with E-state index in [4.69, 9.17) is 9.47 Å². The number of hydrogen-bond acceptors (Lipinski definition) is 8. The highest BCUT2D eigenvalue weighted by molar-refractivity contribution is 8.03. The lowest BCUT2D eigenvalue weighted by atomic mass is 9.96. The second-order valence-electron chi connectivity index (χ2n) is 8.31. The van der Waals surface area contributed by atoms with Crippen LogP contribution in [-0.2, 0) is 19.1 Å². The Morgan fingerprint density at radius 3 is 2.36 bits per heavy atom. The van der Waals surface area contributed by atoms with Crippen molar-refractivity contribution in [2.75, 3.05) is 31.8 Å². The van der Waals surface area contributed by atoms with Crippen molar-refractivity contribution in [2.45, 2.75) is 52.7 Å². The van der Waals surface area contributed by atoms with Crippen LogP contribution in [0.25, 0.3) is 0 Å². The van der Waals surface area contributed by atoms with Gasteiger partial charge in [0.05, 0.1) is 12.0 Å². The Bertz CT molecular complexity index is 1060. The highest BCUT2D eigenvalue weighted by atomic mass is 32.2. The number of nitrogens with one attached hydrogen (secondary N) is 1. The first-order valence-electron chi connectivity index (χ1n) is 13.3. The van der Waals surface area contributed by atoms with Crippen LogP contribution in [0.2, 0.25) is 0 Å². The van der Waals surface area contributed by atoms with E-state index in [0.29, 0.717) is 21.9 Å². The van der Waals surface area contributed by atoms with Gasteiger partial charge in [0.1, 0.15) is 18.0 Å². The number of benzene rings is 1. The van der Waals surface area contributed by atoms with Crippen molar-refractivity contribution >= 4 is 46.5 Å². The van der Waals surface area contributed by atoms with E-state index in [1.54, 1.807) is 23.6 Å². The van der Waals surface area contributed by atoms with Gasteiger partial charge in [0, 0.05) is 17.2 Å². The summed E-state index contributed by atoms with van der Waals surface area (Å²) in [5, 5.41) is 6.87. The summed E-state index contributed by atoms with van der Waals surface area (Å²) < 4.78 is 11.0. The Morgan fingerprint density at radius 1 is 1.13 bits per heavy atom. The van der Waals surface area contributed by atoms with Crippen molar-refractivity contribution in [3.63, 3.8) is 0 Å². The van der Waals surface area contributed by atoms with Gasteiger partial charge in [0.15, 0.2) is 12.1 Å². The third kappa shape index (κ3) is 10.7. The molecule has 1 unspecified atom stereocenters. The lowest BCUT2D eigenvalue weighted by Crippen LogP contribution is -2.88. The predicted molar refractivity (Wildman–Crippen MR) is 162 cm³/mol. The second kappa shape index (κ2) is 19.2. The number of para-hydroxylation sites is 1. The zero-order valence-electron chi connectivity index (χ0n) is 23.9. The summed E-state index contributed by atoms with van der Waals surface area (Å²) in [5.74, 6) is -0.857. The molecule has 0 amide bonds. The van der Waals surface area contributed by atoms with E-state index in [1.165, 1.54) is 30.2 Å². The number of hydrogen-bond donors (Lipinski definition) is 2. The number of anilines is 1. The molecule has 2 rings (SSSR count). The second-order valence-corrected chi connectivity index (χ2v) is 10.1. The fourth-order valence-corrected chi connectivity index (χ4v) is 5.39. The maximum Gasteiger partial charge on any atom is 0.348 e. The molecule has 214 valence electrons. The lowest BCUT2D eigenvalue weighted by molar-refractivity contribution is -0.650. The van der Waals surface area contributed by atoms with Crippen LogP contribution >= 0.6 is 23.1 Å². The molecule has 1 aromatic heterocycles. The van der Waals surface area contributed by atoms with Crippen LogP contribution in [0.15, 0.2) is 65.4 Å². The number of ketones is 1. The molecule has 9 heteroatoms. The molecule has 2 atom stereocenters. The third-order valence-corrected chi connectivity index (χ3v) is 7.75. The van der Waals surface area contributed by atoms with Crippen LogP contribution in [0.5, 0.6) is 0 Å². The molecule has 0 bridgehead atoms. The highest BCUT2D eigenvalue weighted by Crippen LogP contribution is 2.30. The van der Waals surface area contributed by atoms with Gasteiger partial charge in [-0.05, 0) is 48.8 Å². The molecule has 0 aliphatic carbocycles. The summed E-state index contributed by atoms with van der Waals surface area (Å²) in [6.07, 6.45) is 6.41. The average Bonchev–Trinajstić information content (AvgIpc) is 3.45. The summed E-state index contributed by atoms with van der Waals surface area (Å²) in [5.41, 5.74) is 1.23. The number of carbonyl (C=O) groups excluding carboxylic acids is 3. The van der Waals surface area contributed by atoms with Crippen molar-refractivity contribution < 1.29 is 29.2 Å². The van der Waals surface area contributed by atoms with E-state index in [9.17, 15) is 14.4 Å². The van der Waals surface area contributed by atoms with Crippen LogP contribution in [0.1, 0.15) is 61.8 Å². The van der Waals surface area contributed by atoms with E-state index in [1.807, 2.05) is 55.8 Å². The SMILES string of the molecule is C=C/C=C(\SC)C(=O)C[NH2+]C[C@H](OC(=O)C(Nc1ccccc1)c1ccsc1C(=O)OC)C(CC)CC.CC. The van der Waals surface area contributed by atoms with Gasteiger partial charge in [-0.15, -0.1) is 23.1 Å². The number of carbonyl (C=O) groups is 3. The number of thioether (sulfide) groups is 1. The van der Waals surface area contributed by atoms with Crippen molar-refractivity contribution in [1.82, 2.24) is 0 Å². The smallest absolute Gasteiger partial charge is 0.348 e. The number of thiophene rings is 1. The lowest BCUT2D eigenvalue weighted by Gasteiger charge is -2.27. The van der Waals surface area contributed by atoms with Crippen LogP contribution in [0, 0.1) is 5.92 Å². The molecule has 0 fully saturated rings. The van der Waals surface area contributed by atoms with Gasteiger partial charge in [-0.3, -0.25) is 4.79 Å². The first-order chi connectivity index (χ1) is 18.9. The largest absolute Gasteiger partial charge is 0.465 e. The number of Topliss-reactive ketones (excluding diaryl/α,β-unsaturated/α-hetero) is 1. The van der Waals surface area contributed by atoms with Crippen LogP contribution in [0.4, 0.5) is 5.69 Å². The normalized spacial score (nSPS) is 12.5. The molecule has 0 saturated heterocycles. The summed E-state index contributed by atoms with van der Waals surface area (Å²) in [4.78, 5) is 39.6. The van der Waals surface area contributed by atoms with E-state index in [2.05, 4.69) is 25.7 Å². The van der Waals surface area contributed by atoms with E-state index >= 15 is 0 Å². The van der Waals surface area contributed by atoms with Gasteiger partial charge >= 0.3 is 11.9 Å². The molecule has 1 aromatic carbocycles. The zero-order chi connectivity index (χ0) is 29.2. The van der Waals surface area contributed by atoms with Gasteiger partial charge in [0.25, 0.3) is 0 Å². The Labute approximate surface area is 241 Å². The number of methoxy groups -OCH3 is 1. The first kappa shape index (κ1) is 34.1. The van der Waals surface area contributed by atoms with Crippen molar-refractivity contribution in [1.29, 1.82) is 0 Å². The van der Waals surface area contributed by atoms with Crippen molar-refractivity contribution in [3.8, 4) is 0 Å². The molecule has 2 aromatic rings. The molecule has 3 N–H and O–H groups in total. The molecule has 0 spiro atoms. The topological polar surface area (TPSA) is 98.3 Å². The van der Waals surface area contributed by atoms with Gasteiger partial charge in [-0.25, -0.2) is 9.59 Å². The number of quaternary nitrogens is 1. The minimum atomic E-state index is -0.903. The molecule has 0 radical (unpaired) electrons. The Hall–Kier alpha value is -2.88. The molecule has 0 aliphatic rings. The summed E-state index contributed by atoms with van der Waals surface area (Å²) in [6.45, 7) is 12.5. The van der Waals surface area contributed by atoms with E-state index in [0.717, 1.165) is 18.5 Å². The van der Waals surface area contributed by atoms with Crippen LogP contribution < -0.4 is 10.6 Å². The Kier molecular flexibility index (Phi) is 16.8. The number of allylic oxidation sites excluding steroid dienone is 2. The van der Waals surface area contributed by atoms with Crippen molar-refractivity contribution in [3.05, 3.63) is 75.9 Å². The van der Waals surface area contributed by atoms with E-state index in [-0.39, 0.29) is 18.2 Å². The standard InChI is InChI=1S/C28H36N2O5S2.C2H6/c1-6-12-24(36-5)22(31)17-29-18-23(19(7-2)8-3)35-27(32)25(30-20-13-10-9-11-14-20)21-15-16-37-26(21)28(33)34-4;1-2/h6,9-16,19,23,25,29-30H,1,7-8,17-18H2,2-5H3;1-2H3/p+1/b24-12-;/t23-,25?;/m0./s1. The summed E-state index contributed by atoms with van der Waals surface area (Å²) >= 11 is 2.60. The first-order valence-corrected chi connectivity index (χ1v) is 15.4. The monoisotopic (exact) mass is 575 g/mol. The predicted octanol–water partition coefficient (Wildman–Crippen LogP) is 5.63. The maximum atomic E-state index is 13.7. The fraction of sp³-hybridized carbons (Fsp3) is 0.433. The quantitative estimate of drug-likeness (QED) is 0.152. The Morgan fingerprint density at radius 2 is 1.79 bits per heavy atom. The van der Waals surface area contributed by atoms with E-state index < -0.39 is 24.1 Å². The Balaban J connectivity index is 0.00000371. The number of nitrogens with two attached hydrogens (primary N) is 1. The van der Waals surface area contributed by atoms with Gasteiger partial charge in [0.2, 0.25) is 5.78 Å². The average molecular weight is 576 g/mol. The molecular weight excluding hydrogens is 532 g/mol. The molecule has 0 saturated carbocycles. The highest BCUT2D eigenvalue weighted by Gasteiger charge is 2.33. The minimum Gasteiger partial charge on any atom is -0.465 e. The van der Waals surface area contributed by atoms with Gasteiger partial charge in [-0.2, -0.15) is 0 Å². The molecule has 39 heavy (non-hydrogen) atoms. The summed E-state index contributed by atoms with van der Waals surface area (Å²) in [6, 6.07) is 10.1. The van der Waals surface area contributed by atoms with Gasteiger partial charge in [-0.1, -0.05) is 58.5 Å². The van der Waals surface area contributed by atoms with Crippen molar-refractivity contribution in [2.24, 2.45) is 5.92 Å². The van der Waals surface area contributed by atoms with Crippen LogP contribution in [0.3, 0.4) is 0 Å². The number of ether oxygens (including phenoxy) is 2. The third-order valence-electron chi connectivity index (χ3n) is 6.03. The maximum absolute atomic E-state index is 13.7. The minimum absolute atomic E-state index is 0.00615. The molecule has 0 aliphatic heterocycles. The summed E-state index contributed by atoms with van der Waals surface area (Å²) in [7, 11) is 1.32. The number of esters is 2. The fourth-order valence-electron chi connectivity index (χ4n) is 4.00. The van der Waals surface area contributed by atoms with Gasteiger partial charge < -0.3 is 20.1 Å². The molecule has 1 heterocycles.